The number of carboxylic acid groups (broad SMARTS) is 1. The van der Waals surface area contributed by atoms with Crippen LogP contribution in [0.15, 0.2) is 24.3 Å². The molecule has 0 bridgehead atoms. The van der Waals surface area contributed by atoms with Crippen LogP contribution in [0.1, 0.15) is 23.7 Å². The molecule has 0 spiro atoms. The van der Waals surface area contributed by atoms with Crippen molar-refractivity contribution in [2.45, 2.75) is 13.3 Å². The van der Waals surface area contributed by atoms with Crippen molar-refractivity contribution in [3.8, 4) is 5.75 Å². The summed E-state index contributed by atoms with van der Waals surface area (Å²) < 4.78 is 10.4. The van der Waals surface area contributed by atoms with Gasteiger partial charge in [-0.3, -0.25) is 9.59 Å². The van der Waals surface area contributed by atoms with Crippen molar-refractivity contribution in [2.75, 3.05) is 33.4 Å². The van der Waals surface area contributed by atoms with Crippen molar-refractivity contribution < 1.29 is 24.2 Å². The molecule has 0 saturated carbocycles. The van der Waals surface area contributed by atoms with E-state index in [1.54, 1.807) is 36.3 Å². The van der Waals surface area contributed by atoms with Gasteiger partial charge in [0.15, 0.2) is 0 Å². The second kappa shape index (κ2) is 7.97. The Morgan fingerprint density at radius 2 is 1.96 bits per heavy atom. The van der Waals surface area contributed by atoms with Gasteiger partial charge in [-0.25, -0.2) is 0 Å². The summed E-state index contributed by atoms with van der Waals surface area (Å²) in [6, 6.07) is 6.99. The highest BCUT2D eigenvalue weighted by Gasteiger charge is 2.33. The smallest absolute Gasteiger partial charge is 0.306 e. The first-order valence-electron chi connectivity index (χ1n) is 7.76. The van der Waals surface area contributed by atoms with Gasteiger partial charge in [-0.2, -0.15) is 0 Å². The van der Waals surface area contributed by atoms with Crippen LogP contribution in [-0.2, 0) is 9.53 Å². The minimum absolute atomic E-state index is 0.0400. The summed E-state index contributed by atoms with van der Waals surface area (Å²) >= 11 is 0. The van der Waals surface area contributed by atoms with Crippen LogP contribution < -0.4 is 4.74 Å². The van der Waals surface area contributed by atoms with Crippen LogP contribution in [0, 0.1) is 11.8 Å². The molecule has 2 rings (SSSR count). The molecule has 1 amide bonds. The number of benzene rings is 1. The molecule has 1 saturated heterocycles. The maximum Gasteiger partial charge on any atom is 0.306 e. The van der Waals surface area contributed by atoms with Gasteiger partial charge in [-0.15, -0.1) is 0 Å². The first kappa shape index (κ1) is 17.3. The highest BCUT2D eigenvalue weighted by Crippen LogP contribution is 2.25. The lowest BCUT2D eigenvalue weighted by Crippen LogP contribution is -2.44. The van der Waals surface area contributed by atoms with Gasteiger partial charge in [0.1, 0.15) is 12.4 Å². The molecule has 6 nitrogen and oxygen atoms in total. The van der Waals surface area contributed by atoms with E-state index in [2.05, 4.69) is 0 Å². The Bertz CT molecular complexity index is 542. The van der Waals surface area contributed by atoms with Crippen molar-refractivity contribution in [1.29, 1.82) is 0 Å². The molecule has 2 unspecified atom stereocenters. The Labute approximate surface area is 136 Å². The van der Waals surface area contributed by atoms with Crippen LogP contribution in [-0.4, -0.2) is 55.3 Å². The monoisotopic (exact) mass is 321 g/mol. The molecule has 1 heterocycles. The first-order valence-corrected chi connectivity index (χ1v) is 7.76. The van der Waals surface area contributed by atoms with E-state index < -0.39 is 5.97 Å². The van der Waals surface area contributed by atoms with E-state index in [4.69, 9.17) is 14.6 Å². The molecule has 0 aliphatic carbocycles. The molecule has 23 heavy (non-hydrogen) atoms. The zero-order valence-corrected chi connectivity index (χ0v) is 13.5. The number of nitrogens with zero attached hydrogens (tertiary/aromatic N) is 1. The molecule has 1 fully saturated rings. The third kappa shape index (κ3) is 4.45. The molecule has 1 aromatic rings. The second-order valence-corrected chi connectivity index (χ2v) is 5.83. The Morgan fingerprint density at radius 3 is 2.52 bits per heavy atom. The molecular formula is C17H23NO5. The van der Waals surface area contributed by atoms with E-state index in [1.807, 2.05) is 6.92 Å². The molecule has 1 aromatic carbocycles. The fourth-order valence-electron chi connectivity index (χ4n) is 2.82. The third-order valence-corrected chi connectivity index (χ3v) is 4.17. The van der Waals surface area contributed by atoms with E-state index in [1.165, 1.54) is 0 Å². The molecule has 1 N–H and O–H groups in total. The molecular weight excluding hydrogens is 298 g/mol. The minimum atomic E-state index is -0.776. The number of hydrogen-bond donors (Lipinski definition) is 1. The Kier molecular flexibility index (Phi) is 5.98. The van der Waals surface area contributed by atoms with Gasteiger partial charge in [0.25, 0.3) is 5.91 Å². The van der Waals surface area contributed by atoms with Crippen molar-refractivity contribution >= 4 is 11.9 Å². The van der Waals surface area contributed by atoms with Gasteiger partial charge in [0.2, 0.25) is 0 Å². The average molecular weight is 321 g/mol. The number of methoxy groups -OCH3 is 1. The average Bonchev–Trinajstić information content (AvgIpc) is 2.54. The topological polar surface area (TPSA) is 76.1 Å². The van der Waals surface area contributed by atoms with E-state index in [0.29, 0.717) is 44.0 Å². The lowest BCUT2D eigenvalue weighted by Gasteiger charge is -2.35. The number of carbonyl (C=O) groups excluding carboxylic acids is 1. The molecule has 1 aliphatic rings. The van der Waals surface area contributed by atoms with E-state index in [0.717, 1.165) is 0 Å². The van der Waals surface area contributed by atoms with Gasteiger partial charge < -0.3 is 19.5 Å². The standard InChI is InChI=1S/C17H23NO5/c1-12-11-18(8-7-15(12)17(20)21)16(19)13-3-5-14(6-4-13)23-10-9-22-2/h3-6,12,15H,7-11H2,1-2H3,(H,20,21). The summed E-state index contributed by atoms with van der Waals surface area (Å²) in [6.45, 7) is 3.81. The predicted octanol–water partition coefficient (Wildman–Crippen LogP) is 1.89. The highest BCUT2D eigenvalue weighted by atomic mass is 16.5. The van der Waals surface area contributed by atoms with E-state index >= 15 is 0 Å². The number of aliphatic carboxylic acids is 1. The largest absolute Gasteiger partial charge is 0.491 e. The summed E-state index contributed by atoms with van der Waals surface area (Å²) in [6.07, 6.45) is 0.500. The fraction of sp³-hybridized carbons (Fsp3) is 0.529. The zero-order valence-electron chi connectivity index (χ0n) is 13.5. The molecule has 0 aromatic heterocycles. The lowest BCUT2D eigenvalue weighted by molar-refractivity contribution is -0.145. The minimum Gasteiger partial charge on any atom is -0.491 e. The summed E-state index contributed by atoms with van der Waals surface area (Å²) in [4.78, 5) is 25.4. The number of likely N-dealkylation sites (tertiary alicyclic amines) is 1. The molecule has 1 aliphatic heterocycles. The number of amides is 1. The summed E-state index contributed by atoms with van der Waals surface area (Å²) in [5.74, 6) is -0.555. The summed E-state index contributed by atoms with van der Waals surface area (Å²) in [7, 11) is 1.61. The van der Waals surface area contributed by atoms with Gasteiger partial charge in [0, 0.05) is 25.8 Å². The molecule has 2 atom stereocenters. The zero-order chi connectivity index (χ0) is 16.8. The number of hydrogen-bond acceptors (Lipinski definition) is 4. The second-order valence-electron chi connectivity index (χ2n) is 5.83. The van der Waals surface area contributed by atoms with Crippen molar-refractivity contribution in [2.24, 2.45) is 11.8 Å². The van der Waals surface area contributed by atoms with Crippen LogP contribution in [0.3, 0.4) is 0 Å². The number of carboxylic acids is 1. The summed E-state index contributed by atoms with van der Waals surface area (Å²) in [5.41, 5.74) is 0.588. The first-order chi connectivity index (χ1) is 11.0. The third-order valence-electron chi connectivity index (χ3n) is 4.17. The SMILES string of the molecule is COCCOc1ccc(C(=O)N2CCC(C(=O)O)C(C)C2)cc1. The van der Waals surface area contributed by atoms with Gasteiger partial charge in [-0.1, -0.05) is 6.92 Å². The van der Waals surface area contributed by atoms with Crippen LogP contribution in [0.25, 0.3) is 0 Å². The van der Waals surface area contributed by atoms with Gasteiger partial charge >= 0.3 is 5.97 Å². The number of carbonyl (C=O) groups is 2. The fourth-order valence-corrected chi connectivity index (χ4v) is 2.82. The predicted molar refractivity (Wildman–Crippen MR) is 84.6 cm³/mol. The Balaban J connectivity index is 1.94. The Hall–Kier alpha value is -2.08. The van der Waals surface area contributed by atoms with Crippen LogP contribution in [0.4, 0.5) is 0 Å². The Morgan fingerprint density at radius 1 is 1.26 bits per heavy atom. The van der Waals surface area contributed by atoms with Crippen LogP contribution in [0.2, 0.25) is 0 Å². The van der Waals surface area contributed by atoms with Gasteiger partial charge in [0.05, 0.1) is 12.5 Å². The lowest BCUT2D eigenvalue weighted by atomic mass is 9.87. The summed E-state index contributed by atoms with van der Waals surface area (Å²) in [5, 5.41) is 9.14. The van der Waals surface area contributed by atoms with E-state index in [-0.39, 0.29) is 17.7 Å². The van der Waals surface area contributed by atoms with Crippen molar-refractivity contribution in [3.05, 3.63) is 29.8 Å². The molecule has 6 heteroatoms. The maximum absolute atomic E-state index is 12.5. The highest BCUT2D eigenvalue weighted by molar-refractivity contribution is 5.94. The quantitative estimate of drug-likeness (QED) is 0.810. The van der Waals surface area contributed by atoms with Crippen LogP contribution in [0.5, 0.6) is 5.75 Å². The van der Waals surface area contributed by atoms with Crippen LogP contribution >= 0.6 is 0 Å². The maximum atomic E-state index is 12.5. The van der Waals surface area contributed by atoms with E-state index in [9.17, 15) is 9.59 Å². The number of ether oxygens (including phenoxy) is 2. The normalized spacial score (nSPS) is 21.0. The number of rotatable bonds is 6. The van der Waals surface area contributed by atoms with Crippen molar-refractivity contribution in [3.63, 3.8) is 0 Å². The molecule has 0 radical (unpaired) electrons. The van der Waals surface area contributed by atoms with Gasteiger partial charge in [-0.05, 0) is 36.6 Å². The molecule has 126 valence electrons. The van der Waals surface area contributed by atoms with Crippen molar-refractivity contribution in [1.82, 2.24) is 4.90 Å². The number of piperidine rings is 1.